The third-order valence-corrected chi connectivity index (χ3v) is 10.2. The van der Waals surface area contributed by atoms with E-state index >= 15 is 0 Å². The Labute approximate surface area is 233 Å². The number of rotatable bonds is 6. The number of benzene rings is 2. The molecular weight excluding hydrogens is 568 g/mol. The Morgan fingerprint density at radius 1 is 1.00 bits per heavy atom. The van der Waals surface area contributed by atoms with Gasteiger partial charge in [0.05, 0.1) is 11.6 Å². The normalized spacial score (nSPS) is 20.9. The number of hydrogen-bond acceptors (Lipinski definition) is 5. The summed E-state index contributed by atoms with van der Waals surface area (Å²) in [5.41, 5.74) is 2.62. The van der Waals surface area contributed by atoms with E-state index in [-0.39, 0.29) is 29.2 Å². The van der Waals surface area contributed by atoms with E-state index < -0.39 is 10.0 Å². The van der Waals surface area contributed by atoms with E-state index in [4.69, 9.17) is 0 Å². The summed E-state index contributed by atoms with van der Waals surface area (Å²) >= 11 is 3.47. The summed E-state index contributed by atoms with van der Waals surface area (Å²) in [4.78, 5) is 32.1. The van der Waals surface area contributed by atoms with Gasteiger partial charge in [-0.25, -0.2) is 8.42 Å². The first-order valence-electron chi connectivity index (χ1n) is 13.5. The smallest absolute Gasteiger partial charge is 0.245 e. The molecule has 204 valence electrons. The molecule has 10 heteroatoms. The zero-order valence-corrected chi connectivity index (χ0v) is 24.2. The summed E-state index contributed by atoms with van der Waals surface area (Å²) < 4.78 is 30.0. The molecule has 2 fully saturated rings. The van der Waals surface area contributed by atoms with E-state index in [2.05, 4.69) is 33.0 Å². The molecule has 1 atom stereocenters. The molecule has 2 aromatic carbocycles. The number of carbonyl (C=O) groups excluding carboxylic acids is 2. The van der Waals surface area contributed by atoms with Crippen molar-refractivity contribution in [3.63, 3.8) is 0 Å². The summed E-state index contributed by atoms with van der Waals surface area (Å²) in [6.07, 6.45) is 2.26. The Kier molecular flexibility index (Phi) is 8.23. The van der Waals surface area contributed by atoms with Crippen LogP contribution in [-0.2, 0) is 32.6 Å². The zero-order chi connectivity index (χ0) is 26.9. The molecule has 5 rings (SSSR count). The Bertz CT molecular complexity index is 1300. The summed E-state index contributed by atoms with van der Waals surface area (Å²) in [5, 5.41) is 0. The van der Waals surface area contributed by atoms with Gasteiger partial charge in [-0.1, -0.05) is 53.2 Å². The van der Waals surface area contributed by atoms with Crippen molar-refractivity contribution in [1.82, 2.24) is 14.1 Å². The van der Waals surface area contributed by atoms with Gasteiger partial charge in [-0.05, 0) is 42.5 Å². The first kappa shape index (κ1) is 27.3. The Balaban J connectivity index is 1.28. The van der Waals surface area contributed by atoms with Gasteiger partial charge in [-0.15, -0.1) is 0 Å². The van der Waals surface area contributed by atoms with Crippen LogP contribution in [0.5, 0.6) is 0 Å². The molecule has 2 aromatic rings. The minimum atomic E-state index is -3.89. The molecule has 3 aliphatic heterocycles. The maximum Gasteiger partial charge on any atom is 0.245 e. The highest BCUT2D eigenvalue weighted by molar-refractivity contribution is 9.10. The number of piperazine rings is 1. The lowest BCUT2D eigenvalue weighted by atomic mass is 9.97. The second kappa shape index (κ2) is 11.5. The van der Waals surface area contributed by atoms with Crippen LogP contribution in [0.1, 0.15) is 37.3 Å². The number of fused-ring (bicyclic) bond motifs is 1. The summed E-state index contributed by atoms with van der Waals surface area (Å²) in [5.74, 6) is -0.389. The van der Waals surface area contributed by atoms with Gasteiger partial charge in [0.1, 0.15) is 4.90 Å². The third-order valence-electron chi connectivity index (χ3n) is 7.88. The van der Waals surface area contributed by atoms with Gasteiger partial charge >= 0.3 is 0 Å². The molecule has 2 saturated heterocycles. The molecule has 2 amide bonds. The molecule has 0 aromatic heterocycles. The van der Waals surface area contributed by atoms with Crippen molar-refractivity contribution in [1.29, 1.82) is 0 Å². The Hall–Kier alpha value is -2.27. The average molecular weight is 604 g/mol. The molecular formula is C28H35BrN4O4S. The first-order valence-corrected chi connectivity index (χ1v) is 15.7. The lowest BCUT2D eigenvalue weighted by molar-refractivity contribution is -0.138. The molecule has 0 bridgehead atoms. The molecule has 38 heavy (non-hydrogen) atoms. The van der Waals surface area contributed by atoms with E-state index in [0.717, 1.165) is 25.2 Å². The molecule has 0 N–H and O–H groups in total. The fourth-order valence-electron chi connectivity index (χ4n) is 5.83. The number of hydrogen-bond donors (Lipinski definition) is 0. The highest BCUT2D eigenvalue weighted by atomic mass is 79.9. The molecule has 0 aliphatic carbocycles. The number of halogens is 1. The Morgan fingerprint density at radius 2 is 1.74 bits per heavy atom. The van der Waals surface area contributed by atoms with Crippen LogP contribution in [0.2, 0.25) is 0 Å². The summed E-state index contributed by atoms with van der Waals surface area (Å²) in [7, 11) is -3.89. The van der Waals surface area contributed by atoms with Crippen LogP contribution in [-0.4, -0.2) is 80.2 Å². The van der Waals surface area contributed by atoms with Crippen LogP contribution in [0, 0.1) is 5.92 Å². The van der Waals surface area contributed by atoms with Gasteiger partial charge < -0.3 is 9.80 Å². The minimum absolute atomic E-state index is 0.0477. The highest BCUT2D eigenvalue weighted by Crippen LogP contribution is 2.40. The standard InChI is InChI=1S/C28H35BrN4O4S/c1-2-26(34)33-12-10-22-17-24(29)18-25(27(22)33)38(36,37)32-11-6-9-23(20-32)28(35)31-15-13-30(14-16-31)19-21-7-4-3-5-8-21/h3-5,7-8,17-18,23H,2,6,9-16,19-20H2,1H3/t23-/m1/s1. The van der Waals surface area contributed by atoms with Crippen LogP contribution in [0.4, 0.5) is 5.69 Å². The van der Waals surface area contributed by atoms with Crippen LogP contribution < -0.4 is 4.90 Å². The van der Waals surface area contributed by atoms with E-state index in [1.54, 1.807) is 17.9 Å². The first-order chi connectivity index (χ1) is 18.3. The van der Waals surface area contributed by atoms with E-state index in [1.807, 2.05) is 29.2 Å². The second-order valence-corrected chi connectivity index (χ2v) is 13.2. The van der Waals surface area contributed by atoms with Crippen LogP contribution in [0.25, 0.3) is 0 Å². The quantitative estimate of drug-likeness (QED) is 0.505. The zero-order valence-electron chi connectivity index (χ0n) is 21.8. The maximum atomic E-state index is 14.0. The largest absolute Gasteiger partial charge is 0.340 e. The summed E-state index contributed by atoms with van der Waals surface area (Å²) in [6, 6.07) is 13.8. The third kappa shape index (κ3) is 5.54. The van der Waals surface area contributed by atoms with Crippen molar-refractivity contribution in [2.45, 2.75) is 44.0 Å². The van der Waals surface area contributed by atoms with Crippen LogP contribution >= 0.6 is 15.9 Å². The van der Waals surface area contributed by atoms with Crippen molar-refractivity contribution in [3.05, 3.63) is 58.1 Å². The fraction of sp³-hybridized carbons (Fsp3) is 0.500. The maximum absolute atomic E-state index is 14.0. The average Bonchev–Trinajstić information content (AvgIpc) is 3.36. The number of carbonyl (C=O) groups is 2. The van der Waals surface area contributed by atoms with Crippen LogP contribution in [0.15, 0.2) is 51.8 Å². The second-order valence-electron chi connectivity index (χ2n) is 10.3. The Morgan fingerprint density at radius 3 is 2.45 bits per heavy atom. The monoisotopic (exact) mass is 602 g/mol. The number of amides is 2. The number of anilines is 1. The number of piperidine rings is 1. The van der Waals surface area contributed by atoms with Gasteiger partial charge in [0.15, 0.2) is 0 Å². The number of nitrogens with zero attached hydrogens (tertiary/aromatic N) is 4. The highest BCUT2D eigenvalue weighted by Gasteiger charge is 2.39. The van der Waals surface area contributed by atoms with Gasteiger partial charge in [-0.2, -0.15) is 4.31 Å². The van der Waals surface area contributed by atoms with Gasteiger partial charge in [0.2, 0.25) is 21.8 Å². The topological polar surface area (TPSA) is 81.2 Å². The van der Waals surface area contributed by atoms with Crippen molar-refractivity contribution in [3.8, 4) is 0 Å². The summed E-state index contributed by atoms with van der Waals surface area (Å²) in [6.45, 7) is 6.61. The molecule has 3 aliphatic rings. The molecule has 3 heterocycles. The minimum Gasteiger partial charge on any atom is -0.340 e. The van der Waals surface area contributed by atoms with Crippen molar-refractivity contribution in [2.75, 3.05) is 50.7 Å². The molecule has 0 unspecified atom stereocenters. The predicted molar refractivity (Wildman–Crippen MR) is 150 cm³/mol. The van der Waals surface area contributed by atoms with Crippen molar-refractivity contribution < 1.29 is 18.0 Å². The van der Waals surface area contributed by atoms with E-state index in [9.17, 15) is 18.0 Å². The fourth-order valence-corrected chi connectivity index (χ4v) is 8.28. The van der Waals surface area contributed by atoms with E-state index in [1.165, 1.54) is 9.87 Å². The predicted octanol–water partition coefficient (Wildman–Crippen LogP) is 3.49. The van der Waals surface area contributed by atoms with Crippen molar-refractivity contribution >= 4 is 43.5 Å². The SMILES string of the molecule is CCC(=O)N1CCc2cc(Br)cc(S(=O)(=O)N3CCC[C@@H](C(=O)N4CCN(Cc5ccccc5)CC4)C3)c21. The lowest BCUT2D eigenvalue weighted by Crippen LogP contribution is -2.52. The van der Waals surface area contributed by atoms with E-state index in [0.29, 0.717) is 62.0 Å². The molecule has 0 spiro atoms. The number of sulfonamides is 1. The molecule has 0 radical (unpaired) electrons. The molecule has 8 nitrogen and oxygen atoms in total. The molecule has 0 saturated carbocycles. The van der Waals surface area contributed by atoms with Crippen LogP contribution in [0.3, 0.4) is 0 Å². The van der Waals surface area contributed by atoms with Gasteiger partial charge in [0.25, 0.3) is 0 Å². The van der Waals surface area contributed by atoms with Gasteiger partial charge in [0, 0.05) is 63.3 Å². The lowest BCUT2D eigenvalue weighted by Gasteiger charge is -2.39. The van der Waals surface area contributed by atoms with Gasteiger partial charge in [-0.3, -0.25) is 14.5 Å². The van der Waals surface area contributed by atoms with Crippen molar-refractivity contribution in [2.24, 2.45) is 5.92 Å².